The van der Waals surface area contributed by atoms with Gasteiger partial charge in [-0.25, -0.2) is 4.18 Å². The van der Waals surface area contributed by atoms with Crippen molar-refractivity contribution in [3.05, 3.63) is 0 Å². The van der Waals surface area contributed by atoms with E-state index in [0.29, 0.717) is 6.42 Å². The fourth-order valence-corrected chi connectivity index (χ4v) is 1.65. The van der Waals surface area contributed by atoms with Gasteiger partial charge in [0.1, 0.15) is 0 Å². The molecule has 1 aliphatic heterocycles. The highest BCUT2D eigenvalue weighted by molar-refractivity contribution is 7.86. The Balaban J connectivity index is 2.59. The first-order valence-corrected chi connectivity index (χ1v) is 5.35. The van der Waals surface area contributed by atoms with E-state index in [9.17, 15) is 8.42 Å². The lowest BCUT2D eigenvalue weighted by molar-refractivity contribution is 0.0757. The fourth-order valence-electron chi connectivity index (χ4n) is 1.06. The Kier molecular flexibility index (Phi) is 2.39. The Morgan fingerprint density at radius 2 is 2.25 bits per heavy atom. The van der Waals surface area contributed by atoms with Gasteiger partial charge in [-0.2, -0.15) is 13.5 Å². The molecule has 0 bridgehead atoms. The highest BCUT2D eigenvalue weighted by atomic mass is 32.2. The Morgan fingerprint density at radius 3 is 2.58 bits per heavy atom. The Hall–Kier alpha value is -0.620. The Morgan fingerprint density at radius 1 is 1.67 bits per heavy atom. The number of rotatable bonds is 2. The quantitative estimate of drug-likeness (QED) is 0.578. The first-order chi connectivity index (χ1) is 5.38. The van der Waals surface area contributed by atoms with E-state index in [2.05, 4.69) is 5.10 Å². The van der Waals surface area contributed by atoms with Crippen LogP contribution in [0.2, 0.25) is 0 Å². The summed E-state index contributed by atoms with van der Waals surface area (Å²) in [5, 5.41) is 5.53. The van der Waals surface area contributed by atoms with Crippen molar-refractivity contribution in [2.45, 2.75) is 19.6 Å². The van der Waals surface area contributed by atoms with Crippen molar-refractivity contribution in [3.63, 3.8) is 0 Å². The molecule has 6 heteroatoms. The maximum atomic E-state index is 10.7. The molecule has 0 aromatic rings. The summed E-state index contributed by atoms with van der Waals surface area (Å²) in [4.78, 5) is 0. The summed E-state index contributed by atoms with van der Waals surface area (Å²) in [6.07, 6.45) is 1.12. The van der Waals surface area contributed by atoms with Crippen molar-refractivity contribution >= 4 is 15.8 Å². The molecule has 0 amide bonds. The molecule has 0 aromatic carbocycles. The van der Waals surface area contributed by atoms with Gasteiger partial charge in [-0.1, -0.05) is 0 Å². The first-order valence-electron chi connectivity index (χ1n) is 3.53. The first kappa shape index (κ1) is 9.47. The van der Waals surface area contributed by atoms with Gasteiger partial charge in [0.05, 0.1) is 6.26 Å². The van der Waals surface area contributed by atoms with Crippen LogP contribution in [0.3, 0.4) is 0 Å². The highest BCUT2D eigenvalue weighted by Crippen LogP contribution is 2.15. The average Bonchev–Trinajstić information content (AvgIpc) is 2.06. The third-order valence-electron chi connectivity index (χ3n) is 1.50. The predicted molar refractivity (Wildman–Crippen MR) is 45.2 cm³/mol. The van der Waals surface area contributed by atoms with Crippen LogP contribution in [-0.2, 0) is 14.3 Å². The van der Waals surface area contributed by atoms with E-state index in [1.807, 2.05) is 6.92 Å². The molecular weight excluding hydrogens is 180 g/mol. The minimum Gasteiger partial charge on any atom is -0.270 e. The zero-order valence-electron chi connectivity index (χ0n) is 7.31. The van der Waals surface area contributed by atoms with Crippen molar-refractivity contribution in [2.75, 3.05) is 13.3 Å². The van der Waals surface area contributed by atoms with Crippen LogP contribution in [0, 0.1) is 0 Å². The van der Waals surface area contributed by atoms with Gasteiger partial charge in [-0.3, -0.25) is 5.01 Å². The standard InChI is InChI=1S/C6H12N2O3S/c1-5-4-6(8(2)7-5)11-12(3,9)10/h6H,4H2,1-3H3. The lowest BCUT2D eigenvalue weighted by atomic mass is 10.3. The summed E-state index contributed by atoms with van der Waals surface area (Å²) in [6, 6.07) is 0. The molecule has 0 saturated carbocycles. The van der Waals surface area contributed by atoms with Gasteiger partial charge < -0.3 is 0 Å². The zero-order valence-corrected chi connectivity index (χ0v) is 8.13. The molecule has 5 nitrogen and oxygen atoms in total. The van der Waals surface area contributed by atoms with E-state index in [1.54, 1.807) is 7.05 Å². The largest absolute Gasteiger partial charge is 0.270 e. The molecule has 0 saturated heterocycles. The molecule has 1 unspecified atom stereocenters. The van der Waals surface area contributed by atoms with Crippen LogP contribution in [0.1, 0.15) is 13.3 Å². The van der Waals surface area contributed by atoms with Crippen molar-refractivity contribution in [3.8, 4) is 0 Å². The van der Waals surface area contributed by atoms with Gasteiger partial charge in [0.15, 0.2) is 6.23 Å². The summed E-state index contributed by atoms with van der Waals surface area (Å²) in [6.45, 7) is 1.84. The van der Waals surface area contributed by atoms with Gasteiger partial charge in [0.25, 0.3) is 10.1 Å². The average molecular weight is 192 g/mol. The second kappa shape index (κ2) is 3.02. The third kappa shape index (κ3) is 2.46. The third-order valence-corrected chi connectivity index (χ3v) is 2.07. The second-order valence-electron chi connectivity index (χ2n) is 2.87. The summed E-state index contributed by atoms with van der Waals surface area (Å²) in [5.41, 5.74) is 0.881. The molecule has 12 heavy (non-hydrogen) atoms. The van der Waals surface area contributed by atoms with Gasteiger partial charge in [0, 0.05) is 19.2 Å². The van der Waals surface area contributed by atoms with E-state index in [4.69, 9.17) is 4.18 Å². The maximum Gasteiger partial charge on any atom is 0.266 e. The van der Waals surface area contributed by atoms with E-state index in [0.717, 1.165) is 12.0 Å². The molecule has 1 atom stereocenters. The fraction of sp³-hybridized carbons (Fsp3) is 0.833. The lowest BCUT2D eigenvalue weighted by Gasteiger charge is -2.16. The van der Waals surface area contributed by atoms with Crippen LogP contribution in [0.25, 0.3) is 0 Å². The molecule has 1 heterocycles. The van der Waals surface area contributed by atoms with Crippen LogP contribution in [0.4, 0.5) is 0 Å². The van der Waals surface area contributed by atoms with Crippen LogP contribution in [0.15, 0.2) is 5.10 Å². The maximum absolute atomic E-state index is 10.7. The molecule has 0 radical (unpaired) electrons. The van der Waals surface area contributed by atoms with Crippen molar-refractivity contribution in [1.82, 2.24) is 5.01 Å². The van der Waals surface area contributed by atoms with Crippen LogP contribution in [-0.4, -0.2) is 38.7 Å². The van der Waals surface area contributed by atoms with Crippen molar-refractivity contribution in [2.24, 2.45) is 5.10 Å². The molecular formula is C6H12N2O3S. The zero-order chi connectivity index (χ0) is 9.35. The molecule has 70 valence electrons. The number of hydrogen-bond acceptors (Lipinski definition) is 5. The van der Waals surface area contributed by atoms with E-state index < -0.39 is 16.3 Å². The Labute approximate surface area is 72.1 Å². The topological polar surface area (TPSA) is 59.0 Å². The monoisotopic (exact) mass is 192 g/mol. The summed E-state index contributed by atoms with van der Waals surface area (Å²) in [7, 11) is -1.69. The van der Waals surface area contributed by atoms with Gasteiger partial charge in [-0.15, -0.1) is 0 Å². The molecule has 0 N–H and O–H groups in total. The van der Waals surface area contributed by atoms with Crippen molar-refractivity contribution in [1.29, 1.82) is 0 Å². The molecule has 0 aromatic heterocycles. The lowest BCUT2D eigenvalue weighted by Crippen LogP contribution is -2.28. The van der Waals surface area contributed by atoms with E-state index in [1.165, 1.54) is 5.01 Å². The Bertz CT molecular complexity index is 296. The number of hydrazone groups is 1. The van der Waals surface area contributed by atoms with Crippen LogP contribution in [0.5, 0.6) is 0 Å². The molecule has 0 spiro atoms. The van der Waals surface area contributed by atoms with Crippen LogP contribution < -0.4 is 0 Å². The smallest absolute Gasteiger partial charge is 0.266 e. The highest BCUT2D eigenvalue weighted by Gasteiger charge is 2.25. The SMILES string of the molecule is CC1=NN(C)C(OS(C)(=O)=O)C1. The normalized spacial score (nSPS) is 24.4. The minimum atomic E-state index is -3.38. The van der Waals surface area contributed by atoms with Crippen molar-refractivity contribution < 1.29 is 12.6 Å². The van der Waals surface area contributed by atoms with Gasteiger partial charge in [-0.05, 0) is 6.92 Å². The predicted octanol–water partition coefficient (Wildman–Crippen LogP) is 0.000100. The summed E-state index contributed by atoms with van der Waals surface area (Å²) < 4.78 is 26.2. The van der Waals surface area contributed by atoms with E-state index >= 15 is 0 Å². The van der Waals surface area contributed by atoms with Gasteiger partial charge in [0.2, 0.25) is 0 Å². The second-order valence-corrected chi connectivity index (χ2v) is 4.47. The van der Waals surface area contributed by atoms with Crippen LogP contribution >= 0.6 is 0 Å². The molecule has 1 rings (SSSR count). The summed E-state index contributed by atoms with van der Waals surface area (Å²) >= 11 is 0. The molecule has 0 fully saturated rings. The number of nitrogens with zero attached hydrogens (tertiary/aromatic N) is 2. The molecule has 1 aliphatic rings. The summed E-state index contributed by atoms with van der Waals surface area (Å²) in [5.74, 6) is 0. The van der Waals surface area contributed by atoms with Gasteiger partial charge >= 0.3 is 0 Å². The molecule has 0 aliphatic carbocycles. The minimum absolute atomic E-state index is 0.458. The van der Waals surface area contributed by atoms with E-state index in [-0.39, 0.29) is 0 Å². The number of hydrogen-bond donors (Lipinski definition) is 0.